The van der Waals surface area contributed by atoms with Crippen molar-refractivity contribution in [2.75, 3.05) is 25.4 Å². The summed E-state index contributed by atoms with van der Waals surface area (Å²) in [6.07, 6.45) is 1.71. The van der Waals surface area contributed by atoms with Gasteiger partial charge in [-0.05, 0) is 13.0 Å². The first-order valence-electron chi connectivity index (χ1n) is 8.38. The summed E-state index contributed by atoms with van der Waals surface area (Å²) in [5.74, 6) is 1.51. The van der Waals surface area contributed by atoms with E-state index in [4.69, 9.17) is 20.9 Å². The normalized spacial score (nSPS) is 19.5. The second-order valence-electron chi connectivity index (χ2n) is 6.34. The Balaban J connectivity index is 1.59. The number of benzene rings is 1. The molecular formula is C18H19ClN2O3S. The van der Waals surface area contributed by atoms with Crippen molar-refractivity contribution in [3.05, 3.63) is 40.6 Å². The Morgan fingerprint density at radius 3 is 2.76 bits per heavy atom. The van der Waals surface area contributed by atoms with Crippen LogP contribution in [0.3, 0.4) is 0 Å². The number of nitrogens with zero attached hydrogens (tertiary/aromatic N) is 2. The number of rotatable bonds is 2. The van der Waals surface area contributed by atoms with Gasteiger partial charge in [-0.25, -0.2) is 0 Å². The van der Waals surface area contributed by atoms with Crippen LogP contribution in [-0.2, 0) is 4.74 Å². The zero-order valence-electron chi connectivity index (χ0n) is 14.0. The largest absolute Gasteiger partial charge is 0.363 e. The third-order valence-electron chi connectivity index (χ3n) is 4.83. The van der Waals surface area contributed by atoms with E-state index in [0.29, 0.717) is 40.7 Å². The van der Waals surface area contributed by atoms with Gasteiger partial charge in [0.15, 0.2) is 0 Å². The topological polar surface area (TPSA) is 55.6 Å². The molecule has 1 spiro atoms. The van der Waals surface area contributed by atoms with Crippen LogP contribution in [0.2, 0.25) is 5.02 Å². The molecule has 0 unspecified atom stereocenters. The Morgan fingerprint density at radius 2 is 2.08 bits per heavy atom. The molecule has 2 aliphatic heterocycles. The molecule has 132 valence electrons. The number of aromatic nitrogens is 1. The monoisotopic (exact) mass is 378 g/mol. The summed E-state index contributed by atoms with van der Waals surface area (Å²) < 4.78 is 11.2. The van der Waals surface area contributed by atoms with Gasteiger partial charge in [0.2, 0.25) is 0 Å². The van der Waals surface area contributed by atoms with Crippen molar-refractivity contribution in [2.24, 2.45) is 0 Å². The number of thioether (sulfide) groups is 1. The van der Waals surface area contributed by atoms with E-state index in [9.17, 15) is 4.79 Å². The van der Waals surface area contributed by atoms with Gasteiger partial charge in [-0.15, -0.1) is 11.8 Å². The van der Waals surface area contributed by atoms with Gasteiger partial charge in [-0.2, -0.15) is 0 Å². The van der Waals surface area contributed by atoms with E-state index in [1.807, 2.05) is 34.9 Å². The number of carbonyl (C=O) groups excluding carboxylic acids is 1. The molecule has 1 aromatic carbocycles. The number of ether oxygens (including phenoxy) is 1. The lowest BCUT2D eigenvalue weighted by atomic mass is 10.0. The number of hydrogen-bond acceptors (Lipinski definition) is 5. The number of piperidine rings is 1. The molecule has 2 aromatic rings. The molecule has 5 nitrogen and oxygen atoms in total. The molecule has 1 amide bonds. The zero-order chi connectivity index (χ0) is 17.4. The van der Waals surface area contributed by atoms with E-state index in [0.717, 1.165) is 25.2 Å². The quantitative estimate of drug-likeness (QED) is 0.790. The van der Waals surface area contributed by atoms with E-state index in [1.165, 1.54) is 0 Å². The highest BCUT2D eigenvalue weighted by atomic mass is 35.5. The summed E-state index contributed by atoms with van der Waals surface area (Å²) in [4.78, 5) is 14.9. The summed E-state index contributed by atoms with van der Waals surface area (Å²) in [5.41, 5.74) is 1.73. The highest BCUT2D eigenvalue weighted by molar-refractivity contribution is 8.00. The summed E-state index contributed by atoms with van der Waals surface area (Å²) in [6, 6.07) is 7.36. The van der Waals surface area contributed by atoms with Crippen molar-refractivity contribution in [3.63, 3.8) is 0 Å². The smallest absolute Gasteiger partial charge is 0.259 e. The van der Waals surface area contributed by atoms with Crippen molar-refractivity contribution in [3.8, 4) is 11.3 Å². The van der Waals surface area contributed by atoms with Crippen LogP contribution in [0.25, 0.3) is 11.3 Å². The average Bonchev–Trinajstić information content (AvgIpc) is 3.22. The molecule has 2 saturated heterocycles. The van der Waals surface area contributed by atoms with E-state index in [2.05, 4.69) is 5.16 Å². The van der Waals surface area contributed by atoms with Crippen LogP contribution in [-0.4, -0.2) is 46.3 Å². The minimum absolute atomic E-state index is 0.0495. The molecule has 2 fully saturated rings. The number of likely N-dealkylation sites (tertiary alicyclic amines) is 1. The van der Waals surface area contributed by atoms with Crippen LogP contribution >= 0.6 is 23.4 Å². The van der Waals surface area contributed by atoms with Gasteiger partial charge in [-0.3, -0.25) is 4.79 Å². The van der Waals surface area contributed by atoms with Crippen molar-refractivity contribution in [1.29, 1.82) is 0 Å². The Morgan fingerprint density at radius 1 is 1.32 bits per heavy atom. The van der Waals surface area contributed by atoms with E-state index < -0.39 is 0 Å². The van der Waals surface area contributed by atoms with Crippen molar-refractivity contribution in [2.45, 2.75) is 24.7 Å². The number of aryl methyl sites for hydroxylation is 1. The maximum absolute atomic E-state index is 13.1. The average molecular weight is 379 g/mol. The van der Waals surface area contributed by atoms with Gasteiger partial charge >= 0.3 is 0 Å². The lowest BCUT2D eigenvalue weighted by Crippen LogP contribution is -2.45. The van der Waals surface area contributed by atoms with E-state index in [-0.39, 0.29) is 10.8 Å². The minimum atomic E-state index is -0.0912. The fourth-order valence-corrected chi connectivity index (χ4v) is 4.86. The van der Waals surface area contributed by atoms with E-state index in [1.54, 1.807) is 13.0 Å². The summed E-state index contributed by atoms with van der Waals surface area (Å²) >= 11 is 8.16. The highest BCUT2D eigenvalue weighted by Gasteiger charge is 2.41. The van der Waals surface area contributed by atoms with Gasteiger partial charge in [0.05, 0.1) is 11.6 Å². The van der Waals surface area contributed by atoms with Gasteiger partial charge < -0.3 is 14.2 Å². The van der Waals surface area contributed by atoms with Crippen LogP contribution in [0, 0.1) is 6.92 Å². The first-order valence-corrected chi connectivity index (χ1v) is 9.74. The molecule has 0 N–H and O–H groups in total. The molecule has 0 aliphatic carbocycles. The third-order valence-corrected chi connectivity index (χ3v) is 6.58. The lowest BCUT2D eigenvalue weighted by Gasteiger charge is -2.37. The van der Waals surface area contributed by atoms with Crippen molar-refractivity contribution < 1.29 is 14.1 Å². The van der Waals surface area contributed by atoms with Gasteiger partial charge in [0, 0.05) is 37.2 Å². The Bertz CT molecular complexity index is 791. The first kappa shape index (κ1) is 16.9. The predicted molar refractivity (Wildman–Crippen MR) is 98.0 cm³/mol. The fourth-order valence-electron chi connectivity index (χ4n) is 3.46. The SMILES string of the molecule is Cc1onc(-c2ccccc2Cl)c1C(=O)N1CCC2(CC1)OCCS2. The van der Waals surface area contributed by atoms with Crippen LogP contribution < -0.4 is 0 Å². The number of halogens is 1. The minimum Gasteiger partial charge on any atom is -0.363 e. The maximum Gasteiger partial charge on any atom is 0.259 e. The number of hydrogen-bond donors (Lipinski definition) is 0. The number of amides is 1. The zero-order valence-corrected chi connectivity index (χ0v) is 15.5. The maximum atomic E-state index is 13.1. The van der Waals surface area contributed by atoms with Crippen molar-refractivity contribution in [1.82, 2.24) is 10.1 Å². The Labute approximate surface area is 155 Å². The van der Waals surface area contributed by atoms with Crippen LogP contribution in [0.4, 0.5) is 0 Å². The molecule has 25 heavy (non-hydrogen) atoms. The summed E-state index contributed by atoms with van der Waals surface area (Å²) in [5, 5.41) is 4.65. The molecule has 4 rings (SSSR count). The van der Waals surface area contributed by atoms with Gasteiger partial charge in [-0.1, -0.05) is 35.0 Å². The molecule has 0 bridgehead atoms. The standard InChI is InChI=1S/C18H19ClN2O3S/c1-12-15(16(20-24-12)13-4-2-3-5-14(13)19)17(22)21-8-6-18(7-9-21)23-10-11-25-18/h2-5H,6-11H2,1H3. The van der Waals surface area contributed by atoms with Gasteiger partial charge in [0.1, 0.15) is 22.0 Å². The highest BCUT2D eigenvalue weighted by Crippen LogP contribution is 2.42. The summed E-state index contributed by atoms with van der Waals surface area (Å²) in [7, 11) is 0. The molecule has 2 aliphatic rings. The molecule has 1 aromatic heterocycles. The third kappa shape index (κ3) is 3.07. The van der Waals surface area contributed by atoms with Crippen molar-refractivity contribution >= 4 is 29.3 Å². The van der Waals surface area contributed by atoms with Crippen LogP contribution in [0.15, 0.2) is 28.8 Å². The second kappa shape index (κ2) is 6.67. The Hall–Kier alpha value is -1.50. The Kier molecular flexibility index (Phi) is 4.52. The molecule has 0 atom stereocenters. The van der Waals surface area contributed by atoms with Gasteiger partial charge in [0.25, 0.3) is 5.91 Å². The summed E-state index contributed by atoms with van der Waals surface area (Å²) in [6.45, 7) is 3.93. The molecule has 7 heteroatoms. The lowest BCUT2D eigenvalue weighted by molar-refractivity contribution is 0.00351. The van der Waals surface area contributed by atoms with E-state index >= 15 is 0 Å². The number of carbonyl (C=O) groups is 1. The molecule has 0 radical (unpaired) electrons. The van der Waals surface area contributed by atoms with Crippen LogP contribution in [0.1, 0.15) is 29.0 Å². The predicted octanol–water partition coefficient (Wildman–Crippen LogP) is 4.00. The second-order valence-corrected chi connectivity index (χ2v) is 8.19. The molecule has 3 heterocycles. The molecule has 0 saturated carbocycles. The fraction of sp³-hybridized carbons (Fsp3) is 0.444. The molecular weight excluding hydrogens is 360 g/mol. The van der Waals surface area contributed by atoms with Crippen LogP contribution in [0.5, 0.6) is 0 Å². The first-order chi connectivity index (χ1) is 12.1.